The van der Waals surface area contributed by atoms with Crippen LogP contribution in [0.25, 0.3) is 5.57 Å². The molecule has 0 amide bonds. The van der Waals surface area contributed by atoms with Gasteiger partial charge in [-0.2, -0.15) is 0 Å². The zero-order valence-corrected chi connectivity index (χ0v) is 9.88. The van der Waals surface area contributed by atoms with Crippen molar-refractivity contribution in [2.24, 2.45) is 0 Å². The fourth-order valence-corrected chi connectivity index (χ4v) is 1.93. The molecule has 0 aromatic heterocycles. The molecule has 0 aliphatic carbocycles. The molecule has 1 N–H and O–H groups in total. The Morgan fingerprint density at radius 2 is 1.47 bits per heavy atom. The smallest absolute Gasteiger partial charge is 0.104 e. The van der Waals surface area contributed by atoms with Gasteiger partial charge in [0.2, 0.25) is 0 Å². The van der Waals surface area contributed by atoms with E-state index in [0.717, 1.165) is 16.7 Å². The first kappa shape index (κ1) is 11.6. The number of hydrogen-bond donors (Lipinski definition) is 1. The van der Waals surface area contributed by atoms with Gasteiger partial charge in [0.25, 0.3) is 0 Å². The summed E-state index contributed by atoms with van der Waals surface area (Å²) in [5.74, 6) is 0. The lowest BCUT2D eigenvalue weighted by Crippen LogP contribution is -2.00. The van der Waals surface area contributed by atoms with Crippen molar-refractivity contribution < 1.29 is 5.11 Å². The average Bonchev–Trinajstić information content (AvgIpc) is 2.42. The summed E-state index contributed by atoms with van der Waals surface area (Å²) in [5.41, 5.74) is 2.92. The number of aliphatic hydroxyl groups is 1. The first-order chi connectivity index (χ1) is 8.33. The van der Waals surface area contributed by atoms with Crippen LogP contribution in [0.15, 0.2) is 66.7 Å². The molecule has 1 nitrogen and oxygen atoms in total. The van der Waals surface area contributed by atoms with Crippen molar-refractivity contribution in [3.05, 3.63) is 77.9 Å². The van der Waals surface area contributed by atoms with E-state index in [0.29, 0.717) is 0 Å². The molecular weight excluding hydrogens is 208 g/mol. The molecule has 0 unspecified atom stereocenters. The van der Waals surface area contributed by atoms with Gasteiger partial charge in [0, 0.05) is 0 Å². The van der Waals surface area contributed by atoms with Crippen LogP contribution in [-0.2, 0) is 0 Å². The molecule has 0 radical (unpaired) electrons. The minimum Gasteiger partial charge on any atom is -0.384 e. The van der Waals surface area contributed by atoms with E-state index in [1.807, 2.05) is 73.7 Å². The minimum atomic E-state index is -0.566. The van der Waals surface area contributed by atoms with Crippen LogP contribution in [0, 0.1) is 0 Å². The van der Waals surface area contributed by atoms with E-state index in [2.05, 4.69) is 0 Å². The van der Waals surface area contributed by atoms with E-state index in [9.17, 15) is 5.11 Å². The largest absolute Gasteiger partial charge is 0.384 e. The molecule has 0 saturated heterocycles. The third kappa shape index (κ3) is 2.63. The van der Waals surface area contributed by atoms with Crippen molar-refractivity contribution in [2.75, 3.05) is 0 Å². The molecule has 0 spiro atoms. The van der Waals surface area contributed by atoms with Gasteiger partial charge in [-0.25, -0.2) is 0 Å². The Hall–Kier alpha value is -1.86. The Morgan fingerprint density at radius 3 is 2.00 bits per heavy atom. The topological polar surface area (TPSA) is 20.2 Å². The van der Waals surface area contributed by atoms with Gasteiger partial charge in [-0.15, -0.1) is 0 Å². The summed E-state index contributed by atoms with van der Waals surface area (Å²) in [4.78, 5) is 0. The molecule has 0 aliphatic heterocycles. The fourth-order valence-electron chi connectivity index (χ4n) is 1.93. The molecule has 1 atom stereocenters. The van der Waals surface area contributed by atoms with Crippen LogP contribution < -0.4 is 0 Å². The Morgan fingerprint density at radius 1 is 0.941 bits per heavy atom. The monoisotopic (exact) mass is 224 g/mol. The standard InChI is InChI=1S/C16H16O/c1-2-15(13-9-5-3-6-10-13)16(17)14-11-7-4-8-12-14/h2-12,16-17H,1H3/b15-2+/t16-/m1/s1. The molecule has 0 saturated carbocycles. The summed E-state index contributed by atoms with van der Waals surface area (Å²) in [7, 11) is 0. The predicted octanol–water partition coefficient (Wildman–Crippen LogP) is 3.82. The number of benzene rings is 2. The highest BCUT2D eigenvalue weighted by molar-refractivity contribution is 5.69. The zero-order chi connectivity index (χ0) is 12.1. The van der Waals surface area contributed by atoms with E-state index < -0.39 is 6.10 Å². The Labute approximate surface area is 102 Å². The lowest BCUT2D eigenvalue weighted by molar-refractivity contribution is 0.238. The van der Waals surface area contributed by atoms with Crippen LogP contribution in [0.2, 0.25) is 0 Å². The lowest BCUT2D eigenvalue weighted by Gasteiger charge is -2.15. The maximum atomic E-state index is 10.4. The molecule has 2 rings (SSSR count). The summed E-state index contributed by atoms with van der Waals surface area (Å²) >= 11 is 0. The van der Waals surface area contributed by atoms with Gasteiger partial charge in [-0.1, -0.05) is 66.7 Å². The van der Waals surface area contributed by atoms with Crippen LogP contribution in [-0.4, -0.2) is 5.11 Å². The maximum absolute atomic E-state index is 10.4. The molecule has 0 aliphatic rings. The summed E-state index contributed by atoms with van der Waals surface area (Å²) < 4.78 is 0. The molecule has 2 aromatic carbocycles. The highest BCUT2D eigenvalue weighted by atomic mass is 16.3. The van der Waals surface area contributed by atoms with E-state index >= 15 is 0 Å². The Balaban J connectivity index is 2.33. The molecule has 0 heterocycles. The second-order valence-electron chi connectivity index (χ2n) is 3.92. The van der Waals surface area contributed by atoms with E-state index in [1.54, 1.807) is 0 Å². The van der Waals surface area contributed by atoms with Gasteiger partial charge < -0.3 is 5.11 Å². The first-order valence-electron chi connectivity index (χ1n) is 5.77. The van der Waals surface area contributed by atoms with Crippen molar-refractivity contribution >= 4 is 5.57 Å². The average molecular weight is 224 g/mol. The minimum absolute atomic E-state index is 0.566. The highest BCUT2D eigenvalue weighted by Crippen LogP contribution is 2.29. The Kier molecular flexibility index (Phi) is 3.73. The summed E-state index contributed by atoms with van der Waals surface area (Å²) in [6.07, 6.45) is 1.40. The number of rotatable bonds is 3. The van der Waals surface area contributed by atoms with Gasteiger partial charge in [-0.3, -0.25) is 0 Å². The second kappa shape index (κ2) is 5.46. The number of hydrogen-bond acceptors (Lipinski definition) is 1. The van der Waals surface area contributed by atoms with Crippen molar-refractivity contribution in [1.82, 2.24) is 0 Å². The molecule has 17 heavy (non-hydrogen) atoms. The fraction of sp³-hybridized carbons (Fsp3) is 0.125. The maximum Gasteiger partial charge on any atom is 0.104 e. The van der Waals surface area contributed by atoms with Crippen LogP contribution in [0.3, 0.4) is 0 Å². The van der Waals surface area contributed by atoms with Crippen molar-refractivity contribution in [3.63, 3.8) is 0 Å². The summed E-state index contributed by atoms with van der Waals surface area (Å²) in [6.45, 7) is 1.95. The third-order valence-corrected chi connectivity index (χ3v) is 2.83. The molecule has 0 fully saturated rings. The molecule has 86 valence electrons. The number of allylic oxidation sites excluding steroid dienone is 1. The summed E-state index contributed by atoms with van der Waals surface area (Å²) in [6, 6.07) is 19.7. The van der Waals surface area contributed by atoms with E-state index in [4.69, 9.17) is 0 Å². The molecule has 2 aromatic rings. The van der Waals surface area contributed by atoms with Gasteiger partial charge in [0.15, 0.2) is 0 Å². The van der Waals surface area contributed by atoms with Crippen molar-refractivity contribution in [3.8, 4) is 0 Å². The molecular formula is C16H16O. The van der Waals surface area contributed by atoms with Gasteiger partial charge in [-0.05, 0) is 23.6 Å². The van der Waals surface area contributed by atoms with Crippen LogP contribution in [0.5, 0.6) is 0 Å². The third-order valence-electron chi connectivity index (χ3n) is 2.83. The highest BCUT2D eigenvalue weighted by Gasteiger charge is 2.13. The van der Waals surface area contributed by atoms with Crippen molar-refractivity contribution in [1.29, 1.82) is 0 Å². The zero-order valence-electron chi connectivity index (χ0n) is 9.88. The van der Waals surface area contributed by atoms with E-state index in [-0.39, 0.29) is 0 Å². The Bertz CT molecular complexity index is 485. The second-order valence-corrected chi connectivity index (χ2v) is 3.92. The summed E-state index contributed by atoms with van der Waals surface area (Å²) in [5, 5.41) is 10.4. The van der Waals surface area contributed by atoms with Crippen LogP contribution in [0.4, 0.5) is 0 Å². The quantitative estimate of drug-likeness (QED) is 0.840. The van der Waals surface area contributed by atoms with Crippen LogP contribution >= 0.6 is 0 Å². The normalized spacial score (nSPS) is 13.4. The van der Waals surface area contributed by atoms with Gasteiger partial charge >= 0.3 is 0 Å². The van der Waals surface area contributed by atoms with Crippen LogP contribution in [0.1, 0.15) is 24.2 Å². The number of aliphatic hydroxyl groups excluding tert-OH is 1. The van der Waals surface area contributed by atoms with Gasteiger partial charge in [0.05, 0.1) is 0 Å². The lowest BCUT2D eigenvalue weighted by atomic mass is 9.95. The van der Waals surface area contributed by atoms with E-state index in [1.165, 1.54) is 0 Å². The molecule has 1 heteroatoms. The van der Waals surface area contributed by atoms with Crippen molar-refractivity contribution in [2.45, 2.75) is 13.0 Å². The molecule has 0 bridgehead atoms. The first-order valence-corrected chi connectivity index (χ1v) is 5.77. The SMILES string of the molecule is C/C=C(\c1ccccc1)[C@H](O)c1ccccc1. The predicted molar refractivity (Wildman–Crippen MR) is 71.5 cm³/mol. The van der Waals surface area contributed by atoms with Gasteiger partial charge in [0.1, 0.15) is 6.10 Å².